The van der Waals surface area contributed by atoms with Crippen LogP contribution in [0.15, 0.2) is 35.1 Å². The topological polar surface area (TPSA) is 43.8 Å². The number of nitrogens with two attached hydrogens (primary N) is 1. The molecule has 1 heterocycles. The fraction of sp³-hybridized carbons (Fsp3) is 0.308. The number of rotatable bonds is 3. The van der Waals surface area contributed by atoms with E-state index >= 15 is 0 Å². The van der Waals surface area contributed by atoms with Crippen molar-refractivity contribution in [2.75, 3.05) is 0 Å². The van der Waals surface area contributed by atoms with Gasteiger partial charge in [-0.2, -0.15) is 0 Å². The van der Waals surface area contributed by atoms with Gasteiger partial charge in [-0.25, -0.2) is 4.98 Å². The van der Waals surface area contributed by atoms with Crippen LogP contribution in [0.3, 0.4) is 0 Å². The summed E-state index contributed by atoms with van der Waals surface area (Å²) in [6.07, 6.45) is 4.49. The Hall–Kier alpha value is -1.13. The summed E-state index contributed by atoms with van der Waals surface area (Å²) >= 11 is 3.53. The van der Waals surface area contributed by atoms with Crippen LogP contribution in [0.25, 0.3) is 0 Å². The highest BCUT2D eigenvalue weighted by atomic mass is 79.9. The fourth-order valence-corrected chi connectivity index (χ4v) is 2.14. The molecule has 1 unspecified atom stereocenters. The van der Waals surface area contributed by atoms with Gasteiger partial charge < -0.3 is 10.3 Å². The number of nitrogens with zero attached hydrogens (tertiary/aromatic N) is 2. The summed E-state index contributed by atoms with van der Waals surface area (Å²) in [6.45, 7) is 2.07. The lowest BCUT2D eigenvalue weighted by atomic mass is 10.0. The smallest absolute Gasteiger partial charge is 0.110 e. The third kappa shape index (κ3) is 2.76. The average molecular weight is 294 g/mol. The zero-order valence-electron chi connectivity index (χ0n) is 10.0. The van der Waals surface area contributed by atoms with Crippen LogP contribution in [0, 0.1) is 6.92 Å². The quantitative estimate of drug-likeness (QED) is 0.946. The molecule has 17 heavy (non-hydrogen) atoms. The van der Waals surface area contributed by atoms with Crippen molar-refractivity contribution >= 4 is 15.9 Å². The van der Waals surface area contributed by atoms with E-state index in [9.17, 15) is 0 Å². The van der Waals surface area contributed by atoms with E-state index in [1.165, 1.54) is 5.56 Å². The highest BCUT2D eigenvalue weighted by Gasteiger charge is 2.10. The van der Waals surface area contributed by atoms with E-state index in [1.54, 1.807) is 6.20 Å². The number of hydrogen-bond acceptors (Lipinski definition) is 2. The molecule has 0 radical (unpaired) electrons. The summed E-state index contributed by atoms with van der Waals surface area (Å²) in [4.78, 5) is 4.29. The molecule has 0 fully saturated rings. The van der Waals surface area contributed by atoms with E-state index in [2.05, 4.69) is 46.0 Å². The van der Waals surface area contributed by atoms with Crippen molar-refractivity contribution in [1.29, 1.82) is 0 Å². The van der Waals surface area contributed by atoms with Gasteiger partial charge in [0.25, 0.3) is 0 Å². The number of hydrogen-bond donors (Lipinski definition) is 1. The van der Waals surface area contributed by atoms with Crippen molar-refractivity contribution < 1.29 is 0 Å². The Kier molecular flexibility index (Phi) is 3.64. The molecular formula is C13H16BrN3. The molecule has 0 aliphatic rings. The maximum Gasteiger partial charge on any atom is 0.110 e. The number of halogens is 1. The SMILES string of the molecule is Cc1ccc(C(N)Cc2nccn2C)cc1Br. The second kappa shape index (κ2) is 5.02. The van der Waals surface area contributed by atoms with Gasteiger partial charge in [-0.15, -0.1) is 0 Å². The van der Waals surface area contributed by atoms with Gasteiger partial charge in [-0.1, -0.05) is 28.1 Å². The van der Waals surface area contributed by atoms with Gasteiger partial charge in [0.15, 0.2) is 0 Å². The second-order valence-corrected chi connectivity index (χ2v) is 5.13. The summed E-state index contributed by atoms with van der Waals surface area (Å²) < 4.78 is 3.11. The monoisotopic (exact) mass is 293 g/mol. The summed E-state index contributed by atoms with van der Waals surface area (Å²) in [5.41, 5.74) is 8.55. The molecule has 0 saturated heterocycles. The molecule has 0 amide bonds. The minimum absolute atomic E-state index is 0.0204. The van der Waals surface area contributed by atoms with Crippen molar-refractivity contribution in [2.45, 2.75) is 19.4 Å². The van der Waals surface area contributed by atoms with Gasteiger partial charge in [-0.3, -0.25) is 0 Å². The fourth-order valence-electron chi connectivity index (χ4n) is 1.75. The van der Waals surface area contributed by atoms with E-state index in [1.807, 2.05) is 17.8 Å². The Morgan fingerprint density at radius 2 is 2.24 bits per heavy atom. The van der Waals surface area contributed by atoms with Gasteiger partial charge in [0.05, 0.1) is 0 Å². The van der Waals surface area contributed by atoms with Gasteiger partial charge in [0.2, 0.25) is 0 Å². The van der Waals surface area contributed by atoms with Crippen LogP contribution >= 0.6 is 15.9 Å². The van der Waals surface area contributed by atoms with E-state index in [0.717, 1.165) is 22.3 Å². The van der Waals surface area contributed by atoms with Gasteiger partial charge in [0.1, 0.15) is 5.82 Å². The van der Waals surface area contributed by atoms with Crippen LogP contribution in [0.1, 0.15) is 23.0 Å². The van der Waals surface area contributed by atoms with E-state index < -0.39 is 0 Å². The normalized spacial score (nSPS) is 12.7. The zero-order valence-corrected chi connectivity index (χ0v) is 11.6. The van der Waals surface area contributed by atoms with E-state index in [4.69, 9.17) is 5.73 Å². The second-order valence-electron chi connectivity index (χ2n) is 4.27. The molecule has 1 aromatic carbocycles. The van der Waals surface area contributed by atoms with Crippen LogP contribution in [-0.4, -0.2) is 9.55 Å². The lowest BCUT2D eigenvalue weighted by Crippen LogP contribution is -2.15. The molecule has 2 aromatic rings. The van der Waals surface area contributed by atoms with Crippen LogP contribution < -0.4 is 5.73 Å². The van der Waals surface area contributed by atoms with Crippen molar-refractivity contribution in [3.05, 3.63) is 52.0 Å². The summed E-state index contributed by atoms with van der Waals surface area (Å²) in [6, 6.07) is 6.22. The molecular weight excluding hydrogens is 278 g/mol. The first-order valence-corrected chi connectivity index (χ1v) is 6.35. The Morgan fingerprint density at radius 3 is 2.82 bits per heavy atom. The Balaban J connectivity index is 2.17. The van der Waals surface area contributed by atoms with Crippen LogP contribution in [0.4, 0.5) is 0 Å². The largest absolute Gasteiger partial charge is 0.338 e. The first-order valence-electron chi connectivity index (χ1n) is 5.55. The minimum atomic E-state index is -0.0204. The lowest BCUT2D eigenvalue weighted by Gasteiger charge is -2.13. The molecule has 0 saturated carbocycles. The maximum absolute atomic E-state index is 6.20. The molecule has 0 aliphatic heterocycles. The van der Waals surface area contributed by atoms with Crippen LogP contribution in [0.5, 0.6) is 0 Å². The predicted octanol–water partition coefficient (Wildman–Crippen LogP) is 2.73. The Morgan fingerprint density at radius 1 is 1.47 bits per heavy atom. The number of imidazole rings is 1. The summed E-state index contributed by atoms with van der Waals surface area (Å²) in [5.74, 6) is 1.01. The van der Waals surface area contributed by atoms with Crippen molar-refractivity contribution in [1.82, 2.24) is 9.55 Å². The zero-order chi connectivity index (χ0) is 12.4. The van der Waals surface area contributed by atoms with Crippen molar-refractivity contribution in [3.8, 4) is 0 Å². The van der Waals surface area contributed by atoms with E-state index in [-0.39, 0.29) is 6.04 Å². The highest BCUT2D eigenvalue weighted by molar-refractivity contribution is 9.10. The molecule has 0 spiro atoms. The van der Waals surface area contributed by atoms with Crippen LogP contribution in [-0.2, 0) is 13.5 Å². The molecule has 4 heteroatoms. The number of aryl methyl sites for hydroxylation is 2. The van der Waals surface area contributed by atoms with Crippen molar-refractivity contribution in [3.63, 3.8) is 0 Å². The Bertz CT molecular complexity index is 519. The molecule has 3 nitrogen and oxygen atoms in total. The molecule has 2 rings (SSSR count). The minimum Gasteiger partial charge on any atom is -0.338 e. The third-order valence-corrected chi connectivity index (χ3v) is 3.80. The number of aromatic nitrogens is 2. The third-order valence-electron chi connectivity index (χ3n) is 2.95. The highest BCUT2D eigenvalue weighted by Crippen LogP contribution is 2.22. The van der Waals surface area contributed by atoms with Gasteiger partial charge >= 0.3 is 0 Å². The van der Waals surface area contributed by atoms with Gasteiger partial charge in [0, 0.05) is 36.4 Å². The molecule has 0 aliphatic carbocycles. The maximum atomic E-state index is 6.20. The first kappa shape index (κ1) is 12.3. The summed E-state index contributed by atoms with van der Waals surface area (Å²) in [7, 11) is 1.99. The first-order chi connectivity index (χ1) is 8.08. The van der Waals surface area contributed by atoms with Crippen molar-refractivity contribution in [2.24, 2.45) is 12.8 Å². The molecule has 2 N–H and O–H groups in total. The summed E-state index contributed by atoms with van der Waals surface area (Å²) in [5, 5.41) is 0. The molecule has 0 bridgehead atoms. The predicted molar refractivity (Wildman–Crippen MR) is 72.7 cm³/mol. The standard InChI is InChI=1S/C13H16BrN3/c1-9-3-4-10(7-11(9)14)12(15)8-13-16-5-6-17(13)2/h3-7,12H,8,15H2,1-2H3. The van der Waals surface area contributed by atoms with E-state index in [0.29, 0.717) is 0 Å². The molecule has 1 aromatic heterocycles. The number of benzene rings is 1. The van der Waals surface area contributed by atoms with Crippen LogP contribution in [0.2, 0.25) is 0 Å². The van der Waals surface area contributed by atoms with Gasteiger partial charge in [-0.05, 0) is 24.1 Å². The average Bonchev–Trinajstić information content (AvgIpc) is 2.68. The Labute approximate surface area is 110 Å². The lowest BCUT2D eigenvalue weighted by molar-refractivity contribution is 0.659. The molecule has 1 atom stereocenters. The molecule has 90 valence electrons.